The second-order valence-corrected chi connectivity index (χ2v) is 7.75. The maximum atomic E-state index is 13.8. The van der Waals surface area contributed by atoms with Crippen LogP contribution < -0.4 is 0 Å². The van der Waals surface area contributed by atoms with Crippen LogP contribution in [0.2, 0.25) is 0 Å². The Morgan fingerprint density at radius 1 is 1.38 bits per heavy atom. The van der Waals surface area contributed by atoms with E-state index in [0.717, 1.165) is 11.3 Å². The highest BCUT2D eigenvalue weighted by Crippen LogP contribution is 2.27. The average Bonchev–Trinajstić information content (AvgIpc) is 3.30. The van der Waals surface area contributed by atoms with Crippen molar-refractivity contribution >= 4 is 34.0 Å². The van der Waals surface area contributed by atoms with Crippen LogP contribution >= 0.6 is 11.3 Å². The van der Waals surface area contributed by atoms with Gasteiger partial charge in [0, 0.05) is 17.0 Å². The summed E-state index contributed by atoms with van der Waals surface area (Å²) in [7, 11) is 3.49. The fourth-order valence-corrected chi connectivity index (χ4v) is 3.68. The van der Waals surface area contributed by atoms with Crippen molar-refractivity contribution in [2.75, 3.05) is 20.6 Å². The number of hydrogen-bond donors (Lipinski definition) is 1. The molecule has 1 aromatic carbocycles. The van der Waals surface area contributed by atoms with E-state index in [0.29, 0.717) is 28.6 Å². The zero-order chi connectivity index (χ0) is 21.1. The van der Waals surface area contributed by atoms with Crippen molar-refractivity contribution in [1.29, 1.82) is 0 Å². The number of aliphatic hydroxyl groups excluding tert-OH is 1. The largest absolute Gasteiger partial charge is 0.443 e. The molecular formula is C20H22FN3O4S. The predicted molar refractivity (Wildman–Crippen MR) is 107 cm³/mol. The van der Waals surface area contributed by atoms with E-state index in [1.165, 1.54) is 29.0 Å². The number of ether oxygens (including phenoxy) is 1. The maximum absolute atomic E-state index is 13.8. The summed E-state index contributed by atoms with van der Waals surface area (Å²) in [6, 6.07) is 4.08. The van der Waals surface area contributed by atoms with Gasteiger partial charge < -0.3 is 14.4 Å². The van der Waals surface area contributed by atoms with E-state index >= 15 is 0 Å². The first-order valence-electron chi connectivity index (χ1n) is 9.07. The summed E-state index contributed by atoms with van der Waals surface area (Å²) in [5, 5.41) is 12.3. The zero-order valence-electron chi connectivity index (χ0n) is 16.4. The Morgan fingerprint density at radius 2 is 2.14 bits per heavy atom. The molecule has 3 aromatic rings. The lowest BCUT2D eigenvalue weighted by molar-refractivity contribution is -0.147. The molecule has 0 fully saturated rings. The van der Waals surface area contributed by atoms with Gasteiger partial charge in [0.05, 0.1) is 29.4 Å². The predicted octanol–water partition coefficient (Wildman–Crippen LogP) is 2.97. The van der Waals surface area contributed by atoms with E-state index in [2.05, 4.69) is 4.98 Å². The van der Waals surface area contributed by atoms with Crippen molar-refractivity contribution in [2.24, 2.45) is 0 Å². The molecule has 2 heterocycles. The number of esters is 1. The molecule has 1 atom stereocenters. The van der Waals surface area contributed by atoms with Gasteiger partial charge in [0.1, 0.15) is 5.82 Å². The molecule has 3 rings (SSSR count). The number of likely N-dealkylation sites (N-methyl/N-ethyl adjacent to an activating group) is 1. The van der Waals surface area contributed by atoms with Gasteiger partial charge in [0.2, 0.25) is 5.78 Å². The van der Waals surface area contributed by atoms with E-state index in [1.807, 2.05) is 6.92 Å². The SMILES string of the molecule is CC[C@H](O)c1csc(C(=O)c2cn(COC(=O)CN(C)C)c3cc(F)ccc23)n1. The van der Waals surface area contributed by atoms with Crippen LogP contribution in [0.4, 0.5) is 4.39 Å². The molecule has 0 aliphatic rings. The molecule has 0 radical (unpaired) electrons. The minimum atomic E-state index is -0.723. The normalized spacial score (nSPS) is 12.5. The Labute approximate surface area is 171 Å². The zero-order valence-corrected chi connectivity index (χ0v) is 17.2. The lowest BCUT2D eigenvalue weighted by Gasteiger charge is -2.10. The number of thiazole rings is 1. The number of carbonyl (C=O) groups excluding carboxylic acids is 2. The van der Waals surface area contributed by atoms with Crippen LogP contribution in [0.15, 0.2) is 29.8 Å². The van der Waals surface area contributed by atoms with Gasteiger partial charge in [-0.1, -0.05) is 6.92 Å². The minimum Gasteiger partial charge on any atom is -0.443 e. The number of carbonyl (C=O) groups is 2. The van der Waals surface area contributed by atoms with E-state index in [9.17, 15) is 19.1 Å². The second-order valence-electron chi connectivity index (χ2n) is 6.89. The summed E-state index contributed by atoms with van der Waals surface area (Å²) in [5.41, 5.74) is 1.22. The van der Waals surface area contributed by atoms with Gasteiger partial charge >= 0.3 is 5.97 Å². The number of hydrogen-bond acceptors (Lipinski definition) is 7. The van der Waals surface area contributed by atoms with Crippen LogP contribution in [0, 0.1) is 5.82 Å². The van der Waals surface area contributed by atoms with E-state index in [4.69, 9.17) is 4.74 Å². The fraction of sp³-hybridized carbons (Fsp3) is 0.350. The number of ketones is 1. The smallest absolute Gasteiger partial charge is 0.321 e. The lowest BCUT2D eigenvalue weighted by atomic mass is 10.1. The second kappa shape index (κ2) is 8.81. The molecule has 9 heteroatoms. The Balaban J connectivity index is 1.93. The van der Waals surface area contributed by atoms with Crippen molar-refractivity contribution in [1.82, 2.24) is 14.5 Å². The molecule has 0 bridgehead atoms. The van der Waals surface area contributed by atoms with Gasteiger partial charge in [0.25, 0.3) is 0 Å². The summed E-state index contributed by atoms with van der Waals surface area (Å²) in [6.45, 7) is 1.80. The Kier molecular flexibility index (Phi) is 6.41. The van der Waals surface area contributed by atoms with Crippen molar-refractivity contribution in [2.45, 2.75) is 26.2 Å². The topological polar surface area (TPSA) is 84.7 Å². The van der Waals surface area contributed by atoms with Crippen LogP contribution in [-0.2, 0) is 16.3 Å². The molecule has 0 saturated carbocycles. The first kappa shape index (κ1) is 21.1. The van der Waals surface area contributed by atoms with Gasteiger partial charge in [-0.05, 0) is 38.7 Å². The monoisotopic (exact) mass is 419 g/mol. The summed E-state index contributed by atoms with van der Waals surface area (Å²) < 4.78 is 20.6. The van der Waals surface area contributed by atoms with Gasteiger partial charge in [-0.3, -0.25) is 14.5 Å². The molecule has 0 amide bonds. The molecule has 7 nitrogen and oxygen atoms in total. The number of fused-ring (bicyclic) bond motifs is 1. The third kappa shape index (κ3) is 4.69. The van der Waals surface area contributed by atoms with Crippen LogP contribution in [-0.4, -0.2) is 52.0 Å². The number of aromatic nitrogens is 2. The number of rotatable bonds is 8. The molecule has 0 saturated heterocycles. The minimum absolute atomic E-state index is 0.112. The number of halogens is 1. The standard InChI is InChI=1S/C20H22FN3O4S/c1-4-17(25)15-10-29-20(22-15)19(27)14-8-24(11-28-18(26)9-23(2)3)16-7-12(21)5-6-13(14)16/h5-8,10,17,25H,4,9,11H2,1-3H3/t17-/m0/s1. The summed E-state index contributed by atoms with van der Waals surface area (Å²) >= 11 is 1.15. The molecule has 0 spiro atoms. The highest BCUT2D eigenvalue weighted by atomic mass is 32.1. The van der Waals surface area contributed by atoms with E-state index in [1.54, 1.807) is 24.4 Å². The van der Waals surface area contributed by atoms with Gasteiger partial charge in [-0.25, -0.2) is 9.37 Å². The number of nitrogens with zero attached hydrogens (tertiary/aromatic N) is 3. The molecule has 2 aromatic heterocycles. The Bertz CT molecular complexity index is 1040. The number of benzene rings is 1. The van der Waals surface area contributed by atoms with Gasteiger partial charge in [-0.15, -0.1) is 11.3 Å². The van der Waals surface area contributed by atoms with Gasteiger partial charge in [-0.2, -0.15) is 0 Å². The average molecular weight is 419 g/mol. The molecule has 0 unspecified atom stereocenters. The molecule has 154 valence electrons. The van der Waals surface area contributed by atoms with Crippen LogP contribution in [0.3, 0.4) is 0 Å². The molecular weight excluding hydrogens is 397 g/mol. The van der Waals surface area contributed by atoms with E-state index in [-0.39, 0.29) is 24.1 Å². The maximum Gasteiger partial charge on any atom is 0.321 e. The summed E-state index contributed by atoms with van der Waals surface area (Å²) in [6.07, 6.45) is 1.31. The van der Waals surface area contributed by atoms with Crippen molar-refractivity contribution in [3.63, 3.8) is 0 Å². The highest BCUT2D eigenvalue weighted by molar-refractivity contribution is 7.12. The lowest BCUT2D eigenvalue weighted by Crippen LogP contribution is -2.24. The molecule has 29 heavy (non-hydrogen) atoms. The van der Waals surface area contributed by atoms with Gasteiger partial charge in [0.15, 0.2) is 11.7 Å². The third-order valence-corrected chi connectivity index (χ3v) is 5.20. The van der Waals surface area contributed by atoms with Crippen LogP contribution in [0.5, 0.6) is 0 Å². The Hall–Kier alpha value is -2.62. The van der Waals surface area contributed by atoms with Crippen molar-refractivity contribution in [3.8, 4) is 0 Å². The number of aliphatic hydroxyl groups is 1. The first-order chi connectivity index (χ1) is 13.8. The van der Waals surface area contributed by atoms with Crippen molar-refractivity contribution in [3.05, 3.63) is 51.9 Å². The van der Waals surface area contributed by atoms with Crippen LogP contribution in [0.25, 0.3) is 10.9 Å². The third-order valence-electron chi connectivity index (χ3n) is 4.34. The highest BCUT2D eigenvalue weighted by Gasteiger charge is 2.21. The molecule has 0 aliphatic carbocycles. The molecule has 0 aliphatic heterocycles. The van der Waals surface area contributed by atoms with Crippen LogP contribution in [0.1, 0.15) is 40.5 Å². The first-order valence-corrected chi connectivity index (χ1v) is 9.95. The fourth-order valence-electron chi connectivity index (χ4n) is 2.87. The Morgan fingerprint density at radius 3 is 2.83 bits per heavy atom. The molecule has 1 N–H and O–H groups in total. The van der Waals surface area contributed by atoms with Crippen molar-refractivity contribution < 1.29 is 23.8 Å². The quantitative estimate of drug-likeness (QED) is 0.446. The summed E-state index contributed by atoms with van der Waals surface area (Å²) in [4.78, 5) is 30.8. The van der Waals surface area contributed by atoms with E-state index < -0.39 is 17.9 Å². The summed E-state index contributed by atoms with van der Waals surface area (Å²) in [5.74, 6) is -1.23.